The van der Waals surface area contributed by atoms with Crippen molar-refractivity contribution in [2.75, 3.05) is 6.54 Å². The Balaban J connectivity index is 1.79. The summed E-state index contributed by atoms with van der Waals surface area (Å²) in [6, 6.07) is 9.65. The summed E-state index contributed by atoms with van der Waals surface area (Å²) >= 11 is 0. The molecule has 140 valence electrons. The van der Waals surface area contributed by atoms with E-state index in [1.165, 1.54) is 11.9 Å². The average Bonchev–Trinajstić information content (AvgIpc) is 3.10. The van der Waals surface area contributed by atoms with Gasteiger partial charge in [-0.2, -0.15) is 5.10 Å². The van der Waals surface area contributed by atoms with Crippen LogP contribution in [0.1, 0.15) is 45.6 Å². The maximum Gasteiger partial charge on any atom is 0.307 e. The molecule has 0 saturated carbocycles. The molecule has 7 heteroatoms. The summed E-state index contributed by atoms with van der Waals surface area (Å²) in [6.07, 6.45) is -0.269. The summed E-state index contributed by atoms with van der Waals surface area (Å²) in [5.74, 6) is -1.15. The van der Waals surface area contributed by atoms with Crippen molar-refractivity contribution in [3.05, 3.63) is 35.9 Å². The summed E-state index contributed by atoms with van der Waals surface area (Å²) < 4.78 is 5.06. The molecule has 0 aliphatic carbocycles. The Labute approximate surface area is 153 Å². The minimum atomic E-state index is -0.880. The van der Waals surface area contributed by atoms with Crippen LogP contribution in [0.5, 0.6) is 0 Å². The number of nitrogens with zero attached hydrogens (tertiary/aromatic N) is 2. The lowest BCUT2D eigenvalue weighted by molar-refractivity contribution is -0.156. The highest BCUT2D eigenvalue weighted by Gasteiger charge is 2.23. The third-order valence-corrected chi connectivity index (χ3v) is 3.85. The number of esters is 1. The summed E-state index contributed by atoms with van der Waals surface area (Å²) in [5.41, 5.74) is 1.85. The van der Waals surface area contributed by atoms with Crippen molar-refractivity contribution < 1.29 is 19.1 Å². The fraction of sp³-hybridized carbons (Fsp3) is 0.474. The zero-order valence-corrected chi connectivity index (χ0v) is 15.4. The van der Waals surface area contributed by atoms with E-state index in [0.717, 1.165) is 11.3 Å². The maximum absolute atomic E-state index is 12.2. The van der Waals surface area contributed by atoms with E-state index in [4.69, 9.17) is 4.74 Å². The van der Waals surface area contributed by atoms with Crippen molar-refractivity contribution >= 4 is 23.5 Å². The van der Waals surface area contributed by atoms with Crippen molar-refractivity contribution in [2.24, 2.45) is 5.10 Å². The Morgan fingerprint density at radius 3 is 2.50 bits per heavy atom. The lowest BCUT2D eigenvalue weighted by Crippen LogP contribution is -2.39. The van der Waals surface area contributed by atoms with Crippen LogP contribution >= 0.6 is 0 Å². The number of amides is 2. The van der Waals surface area contributed by atoms with Gasteiger partial charge in [-0.3, -0.25) is 14.4 Å². The molecular formula is C19H25N3O4. The molecule has 1 N–H and O–H groups in total. The van der Waals surface area contributed by atoms with Gasteiger partial charge in [-0.1, -0.05) is 30.3 Å². The van der Waals surface area contributed by atoms with Gasteiger partial charge in [0, 0.05) is 18.9 Å². The van der Waals surface area contributed by atoms with E-state index in [1.807, 2.05) is 44.2 Å². The Kier molecular flexibility index (Phi) is 6.89. The molecule has 1 aliphatic rings. The predicted octanol–water partition coefficient (Wildman–Crippen LogP) is 1.86. The first-order valence-electron chi connectivity index (χ1n) is 8.80. The van der Waals surface area contributed by atoms with E-state index in [0.29, 0.717) is 13.0 Å². The Bertz CT molecular complexity index is 685. The van der Waals surface area contributed by atoms with Gasteiger partial charge < -0.3 is 10.1 Å². The van der Waals surface area contributed by atoms with E-state index in [9.17, 15) is 14.4 Å². The van der Waals surface area contributed by atoms with Gasteiger partial charge in [-0.25, -0.2) is 5.01 Å². The van der Waals surface area contributed by atoms with E-state index < -0.39 is 12.1 Å². The zero-order chi connectivity index (χ0) is 19.1. The fourth-order valence-electron chi connectivity index (χ4n) is 2.52. The van der Waals surface area contributed by atoms with E-state index >= 15 is 0 Å². The monoisotopic (exact) mass is 359 g/mol. The van der Waals surface area contributed by atoms with Crippen LogP contribution in [0.2, 0.25) is 0 Å². The van der Waals surface area contributed by atoms with Gasteiger partial charge in [-0.05, 0) is 26.3 Å². The number of carbonyl (C=O) groups excluding carboxylic acids is 3. The van der Waals surface area contributed by atoms with Crippen molar-refractivity contribution in [3.63, 3.8) is 0 Å². The van der Waals surface area contributed by atoms with Crippen LogP contribution in [0, 0.1) is 0 Å². The summed E-state index contributed by atoms with van der Waals surface area (Å²) in [4.78, 5) is 35.8. The topological polar surface area (TPSA) is 88.1 Å². The second kappa shape index (κ2) is 9.12. The number of hydrazone groups is 1. The molecule has 1 heterocycles. The first-order valence-corrected chi connectivity index (χ1v) is 8.80. The second-order valence-electron chi connectivity index (χ2n) is 6.47. The Hall–Kier alpha value is -2.70. The molecule has 0 spiro atoms. The predicted molar refractivity (Wildman–Crippen MR) is 97.4 cm³/mol. The molecule has 1 aromatic rings. The van der Waals surface area contributed by atoms with Crippen molar-refractivity contribution in [1.29, 1.82) is 0 Å². The van der Waals surface area contributed by atoms with Gasteiger partial charge >= 0.3 is 5.97 Å². The smallest absolute Gasteiger partial charge is 0.307 e. The highest BCUT2D eigenvalue weighted by molar-refractivity contribution is 6.02. The largest absolute Gasteiger partial charge is 0.453 e. The standard InChI is InChI=1S/C19H25N3O4/c1-13(2)20-19(25)14(3)26-18(24)10-9-17(23)22-12-11-16(21-22)15-7-5-4-6-8-15/h4-8,13-14H,9-12H2,1-3H3,(H,20,25). The van der Waals surface area contributed by atoms with Gasteiger partial charge in [0.15, 0.2) is 6.10 Å². The van der Waals surface area contributed by atoms with Crippen molar-refractivity contribution in [2.45, 2.75) is 52.2 Å². The highest BCUT2D eigenvalue weighted by atomic mass is 16.5. The van der Waals surface area contributed by atoms with Gasteiger partial charge in [-0.15, -0.1) is 0 Å². The molecule has 26 heavy (non-hydrogen) atoms. The quantitative estimate of drug-likeness (QED) is 0.753. The molecule has 0 aromatic heterocycles. The summed E-state index contributed by atoms with van der Waals surface area (Å²) in [7, 11) is 0. The maximum atomic E-state index is 12.2. The van der Waals surface area contributed by atoms with Crippen LogP contribution in [-0.4, -0.2) is 47.2 Å². The first kappa shape index (κ1) is 19.6. The van der Waals surface area contributed by atoms with Crippen LogP contribution < -0.4 is 5.32 Å². The molecule has 2 amide bonds. The fourth-order valence-corrected chi connectivity index (χ4v) is 2.52. The zero-order valence-electron chi connectivity index (χ0n) is 15.4. The van der Waals surface area contributed by atoms with Gasteiger partial charge in [0.25, 0.3) is 5.91 Å². The molecule has 0 radical (unpaired) electrons. The normalized spacial score (nSPS) is 14.8. The molecule has 1 unspecified atom stereocenters. The number of benzene rings is 1. The van der Waals surface area contributed by atoms with Crippen molar-refractivity contribution in [1.82, 2.24) is 10.3 Å². The number of carbonyl (C=O) groups is 3. The third kappa shape index (κ3) is 5.68. The van der Waals surface area contributed by atoms with Gasteiger partial charge in [0.2, 0.25) is 5.91 Å². The highest BCUT2D eigenvalue weighted by Crippen LogP contribution is 2.15. The molecule has 1 aliphatic heterocycles. The van der Waals surface area contributed by atoms with E-state index in [1.54, 1.807) is 0 Å². The van der Waals surface area contributed by atoms with Crippen LogP contribution in [0.4, 0.5) is 0 Å². The van der Waals surface area contributed by atoms with Crippen molar-refractivity contribution in [3.8, 4) is 0 Å². The minimum absolute atomic E-state index is 0.00290. The summed E-state index contributed by atoms with van der Waals surface area (Å²) in [5, 5.41) is 8.40. The summed E-state index contributed by atoms with van der Waals surface area (Å²) in [6.45, 7) is 5.66. The molecule has 7 nitrogen and oxygen atoms in total. The van der Waals surface area contributed by atoms with E-state index in [2.05, 4.69) is 10.4 Å². The van der Waals surface area contributed by atoms with Gasteiger partial charge in [0.1, 0.15) is 0 Å². The molecule has 0 bridgehead atoms. The van der Waals surface area contributed by atoms with Crippen LogP contribution in [-0.2, 0) is 19.1 Å². The molecule has 0 fully saturated rings. The van der Waals surface area contributed by atoms with Crippen LogP contribution in [0.25, 0.3) is 0 Å². The SMILES string of the molecule is CC(C)NC(=O)C(C)OC(=O)CCC(=O)N1CCC(c2ccccc2)=N1. The van der Waals surface area contributed by atoms with E-state index in [-0.39, 0.29) is 30.7 Å². The molecule has 0 saturated heterocycles. The third-order valence-electron chi connectivity index (χ3n) is 3.85. The Morgan fingerprint density at radius 1 is 1.15 bits per heavy atom. The minimum Gasteiger partial charge on any atom is -0.453 e. The molecule has 1 aromatic carbocycles. The lowest BCUT2D eigenvalue weighted by atomic mass is 10.1. The molecule has 2 rings (SSSR count). The van der Waals surface area contributed by atoms with Crippen LogP contribution in [0.3, 0.4) is 0 Å². The number of ether oxygens (including phenoxy) is 1. The first-order chi connectivity index (χ1) is 12.4. The Morgan fingerprint density at radius 2 is 1.85 bits per heavy atom. The lowest BCUT2D eigenvalue weighted by Gasteiger charge is -2.15. The number of nitrogens with one attached hydrogen (secondary N) is 1. The number of rotatable bonds is 7. The number of hydrogen-bond donors (Lipinski definition) is 1. The van der Waals surface area contributed by atoms with Crippen LogP contribution in [0.15, 0.2) is 35.4 Å². The average molecular weight is 359 g/mol. The van der Waals surface area contributed by atoms with Gasteiger partial charge in [0.05, 0.1) is 18.7 Å². The molecular weight excluding hydrogens is 334 g/mol. The number of hydrogen-bond acceptors (Lipinski definition) is 5. The molecule has 1 atom stereocenters. The second-order valence-corrected chi connectivity index (χ2v) is 6.47.